The Hall–Kier alpha value is -2.57. The van der Waals surface area contributed by atoms with Crippen molar-refractivity contribution in [3.05, 3.63) is 42.1 Å². The van der Waals surface area contributed by atoms with Crippen LogP contribution in [0.3, 0.4) is 0 Å². The molecule has 0 unspecified atom stereocenters. The number of hydrogen-bond donors (Lipinski definition) is 1. The highest BCUT2D eigenvalue weighted by Gasteiger charge is 2.43. The molecule has 0 fully saturated rings. The van der Waals surface area contributed by atoms with Gasteiger partial charge in [-0.2, -0.15) is 0 Å². The summed E-state index contributed by atoms with van der Waals surface area (Å²) in [4.78, 5) is 4.08. The lowest BCUT2D eigenvalue weighted by Gasteiger charge is -2.09. The third kappa shape index (κ3) is 2.81. The molecule has 0 spiro atoms. The van der Waals surface area contributed by atoms with Crippen LogP contribution in [0.25, 0.3) is 0 Å². The fourth-order valence-electron chi connectivity index (χ4n) is 2.00. The predicted octanol–water partition coefficient (Wildman–Crippen LogP) is 3.02. The highest BCUT2D eigenvalue weighted by molar-refractivity contribution is 5.56. The molecule has 0 saturated carbocycles. The number of aromatic nitrogens is 1. The Morgan fingerprint density at radius 3 is 2.86 bits per heavy atom. The first-order valence-electron chi connectivity index (χ1n) is 6.19. The van der Waals surface area contributed by atoms with Crippen molar-refractivity contribution in [3.63, 3.8) is 0 Å². The molecule has 0 aliphatic carbocycles. The highest BCUT2D eigenvalue weighted by Crippen LogP contribution is 2.42. The molecule has 2 heterocycles. The lowest BCUT2D eigenvalue weighted by molar-refractivity contribution is -0.286. The molecule has 0 saturated heterocycles. The van der Waals surface area contributed by atoms with Crippen LogP contribution in [0.4, 0.5) is 14.5 Å². The van der Waals surface area contributed by atoms with Crippen LogP contribution in [0.15, 0.2) is 36.5 Å². The Morgan fingerprint density at radius 1 is 1.24 bits per heavy atom. The number of hydrogen-bond acceptors (Lipinski definition) is 5. The van der Waals surface area contributed by atoms with Crippen molar-refractivity contribution in [1.82, 2.24) is 4.98 Å². The van der Waals surface area contributed by atoms with Gasteiger partial charge in [0.15, 0.2) is 11.5 Å². The van der Waals surface area contributed by atoms with Crippen molar-refractivity contribution in [2.45, 2.75) is 12.8 Å². The normalized spacial score (nSPS) is 14.8. The van der Waals surface area contributed by atoms with E-state index in [9.17, 15) is 8.78 Å². The Balaban J connectivity index is 1.72. The maximum absolute atomic E-state index is 12.9. The number of ether oxygens (including phenoxy) is 3. The second-order valence-electron chi connectivity index (χ2n) is 4.35. The quantitative estimate of drug-likeness (QED) is 0.939. The van der Waals surface area contributed by atoms with E-state index in [2.05, 4.69) is 19.8 Å². The number of nitrogens with one attached hydrogen (secondary N) is 1. The maximum atomic E-state index is 12.9. The summed E-state index contributed by atoms with van der Waals surface area (Å²) in [6.07, 6.45) is -1.97. The SMILES string of the molecule is COc1ncccc1CNc1ccc2c(c1)OC(F)(F)O2. The minimum absolute atomic E-state index is 0.00292. The number of alkyl halides is 2. The van der Waals surface area contributed by atoms with E-state index in [0.717, 1.165) is 5.56 Å². The summed E-state index contributed by atoms with van der Waals surface area (Å²) in [5.74, 6) is 0.532. The van der Waals surface area contributed by atoms with Crippen LogP contribution in [0.2, 0.25) is 0 Å². The standard InChI is InChI=1S/C14H12F2N2O3/c1-19-13-9(3-2-6-17-13)8-18-10-4-5-11-12(7-10)21-14(15,16)20-11/h2-7,18H,8H2,1H3. The third-order valence-corrected chi connectivity index (χ3v) is 2.93. The van der Waals surface area contributed by atoms with Crippen LogP contribution < -0.4 is 19.5 Å². The molecule has 5 nitrogen and oxygen atoms in total. The van der Waals surface area contributed by atoms with Gasteiger partial charge in [0.25, 0.3) is 0 Å². The average Bonchev–Trinajstić information content (AvgIpc) is 2.78. The number of nitrogens with zero attached hydrogens (tertiary/aromatic N) is 1. The van der Waals surface area contributed by atoms with E-state index in [-0.39, 0.29) is 11.5 Å². The van der Waals surface area contributed by atoms with Gasteiger partial charge in [-0.3, -0.25) is 0 Å². The first-order chi connectivity index (χ1) is 10.1. The van der Waals surface area contributed by atoms with Crippen molar-refractivity contribution in [2.24, 2.45) is 0 Å². The molecule has 1 N–H and O–H groups in total. The number of pyridine rings is 1. The zero-order valence-corrected chi connectivity index (χ0v) is 11.1. The largest absolute Gasteiger partial charge is 0.586 e. The Labute approximate surface area is 119 Å². The van der Waals surface area contributed by atoms with Crippen LogP contribution in [0, 0.1) is 0 Å². The number of rotatable bonds is 4. The summed E-state index contributed by atoms with van der Waals surface area (Å²) in [5, 5.41) is 3.09. The third-order valence-electron chi connectivity index (χ3n) is 2.93. The molecular weight excluding hydrogens is 282 g/mol. The number of fused-ring (bicyclic) bond motifs is 1. The van der Waals surface area contributed by atoms with E-state index in [1.54, 1.807) is 18.3 Å². The molecule has 1 aliphatic heterocycles. The average molecular weight is 294 g/mol. The summed E-state index contributed by atoms with van der Waals surface area (Å²) in [6.45, 7) is 0.438. The first kappa shape index (κ1) is 13.4. The van der Waals surface area contributed by atoms with E-state index in [1.165, 1.54) is 19.2 Å². The smallest absolute Gasteiger partial charge is 0.481 e. The molecule has 1 aromatic heterocycles. The summed E-state index contributed by atoms with van der Waals surface area (Å²) < 4.78 is 39.7. The molecule has 2 aromatic rings. The summed E-state index contributed by atoms with van der Waals surface area (Å²) in [5.41, 5.74) is 1.48. The van der Waals surface area contributed by atoms with E-state index >= 15 is 0 Å². The molecule has 21 heavy (non-hydrogen) atoms. The summed E-state index contributed by atoms with van der Waals surface area (Å²) in [6, 6.07) is 8.17. The van der Waals surface area contributed by atoms with Crippen LogP contribution in [-0.2, 0) is 6.54 Å². The van der Waals surface area contributed by atoms with Crippen LogP contribution in [0.5, 0.6) is 17.4 Å². The number of methoxy groups -OCH3 is 1. The molecule has 0 atom stereocenters. The van der Waals surface area contributed by atoms with Gasteiger partial charge in [0, 0.05) is 30.1 Å². The zero-order valence-electron chi connectivity index (χ0n) is 11.1. The fourth-order valence-corrected chi connectivity index (χ4v) is 2.00. The molecule has 0 radical (unpaired) electrons. The fraction of sp³-hybridized carbons (Fsp3) is 0.214. The minimum atomic E-state index is -3.60. The van der Waals surface area contributed by atoms with Gasteiger partial charge in [-0.15, -0.1) is 8.78 Å². The second kappa shape index (κ2) is 5.08. The van der Waals surface area contributed by atoms with Gasteiger partial charge in [-0.05, 0) is 18.2 Å². The lowest BCUT2D eigenvalue weighted by atomic mass is 10.2. The van der Waals surface area contributed by atoms with Crippen molar-refractivity contribution < 1.29 is 23.0 Å². The van der Waals surface area contributed by atoms with Crippen molar-refractivity contribution >= 4 is 5.69 Å². The Bertz CT molecular complexity index is 664. The molecule has 7 heteroatoms. The molecular formula is C14H12F2N2O3. The van der Waals surface area contributed by atoms with Gasteiger partial charge in [-0.1, -0.05) is 6.07 Å². The number of anilines is 1. The van der Waals surface area contributed by atoms with Gasteiger partial charge in [0.05, 0.1) is 7.11 Å². The number of halogens is 2. The van der Waals surface area contributed by atoms with Gasteiger partial charge in [0.2, 0.25) is 5.88 Å². The van der Waals surface area contributed by atoms with Crippen LogP contribution in [0.1, 0.15) is 5.56 Å². The Kier molecular flexibility index (Phi) is 3.25. The van der Waals surface area contributed by atoms with E-state index in [1.807, 2.05) is 6.07 Å². The van der Waals surface area contributed by atoms with Gasteiger partial charge < -0.3 is 19.5 Å². The summed E-state index contributed by atoms with van der Waals surface area (Å²) >= 11 is 0. The molecule has 3 rings (SSSR count). The van der Waals surface area contributed by atoms with E-state index < -0.39 is 6.29 Å². The molecule has 1 aliphatic rings. The predicted molar refractivity (Wildman–Crippen MR) is 70.8 cm³/mol. The molecule has 1 aromatic carbocycles. The van der Waals surface area contributed by atoms with Crippen LogP contribution >= 0.6 is 0 Å². The van der Waals surface area contributed by atoms with Crippen molar-refractivity contribution in [3.8, 4) is 17.4 Å². The number of benzene rings is 1. The topological polar surface area (TPSA) is 52.6 Å². The Morgan fingerprint density at radius 2 is 2.05 bits per heavy atom. The summed E-state index contributed by atoms with van der Waals surface area (Å²) in [7, 11) is 1.54. The monoisotopic (exact) mass is 294 g/mol. The molecule has 0 bridgehead atoms. The van der Waals surface area contributed by atoms with Crippen molar-refractivity contribution in [1.29, 1.82) is 0 Å². The van der Waals surface area contributed by atoms with Crippen molar-refractivity contribution in [2.75, 3.05) is 12.4 Å². The van der Waals surface area contributed by atoms with E-state index in [4.69, 9.17) is 4.74 Å². The maximum Gasteiger partial charge on any atom is 0.586 e. The molecule has 110 valence electrons. The van der Waals surface area contributed by atoms with E-state index in [0.29, 0.717) is 18.1 Å². The van der Waals surface area contributed by atoms with Gasteiger partial charge in [-0.25, -0.2) is 4.98 Å². The van der Waals surface area contributed by atoms with Gasteiger partial charge >= 0.3 is 6.29 Å². The van der Waals surface area contributed by atoms with Crippen LogP contribution in [-0.4, -0.2) is 18.4 Å². The highest BCUT2D eigenvalue weighted by atomic mass is 19.3. The first-order valence-corrected chi connectivity index (χ1v) is 6.19. The van der Waals surface area contributed by atoms with Gasteiger partial charge in [0.1, 0.15) is 0 Å². The molecule has 0 amide bonds. The lowest BCUT2D eigenvalue weighted by Crippen LogP contribution is -2.25. The minimum Gasteiger partial charge on any atom is -0.481 e. The second-order valence-corrected chi connectivity index (χ2v) is 4.35. The zero-order chi connectivity index (χ0) is 14.9.